The van der Waals surface area contributed by atoms with Gasteiger partial charge in [0.05, 0.1) is 13.0 Å². The van der Waals surface area contributed by atoms with Crippen LogP contribution in [0.4, 0.5) is 4.79 Å². The van der Waals surface area contributed by atoms with E-state index in [4.69, 9.17) is 14.0 Å². The number of hydrogen-bond acceptors (Lipinski definition) is 6. The molecule has 0 bridgehead atoms. The largest absolute Gasteiger partial charge is 0.469 e. The predicted octanol–water partition coefficient (Wildman–Crippen LogP) is 4.61. The van der Waals surface area contributed by atoms with Crippen molar-refractivity contribution < 1.29 is 28.2 Å². The summed E-state index contributed by atoms with van der Waals surface area (Å²) in [4.78, 5) is 24.5. The molecule has 0 aromatic heterocycles. The van der Waals surface area contributed by atoms with Crippen molar-refractivity contribution in [3.05, 3.63) is 71.8 Å². The van der Waals surface area contributed by atoms with Crippen molar-refractivity contribution in [1.29, 1.82) is 0 Å². The number of amides is 1. The lowest BCUT2D eigenvalue weighted by atomic mass is 10.0. The minimum absolute atomic E-state index is 0.0386. The Labute approximate surface area is 183 Å². The second-order valence-electron chi connectivity index (χ2n) is 7.22. The summed E-state index contributed by atoms with van der Waals surface area (Å²) in [5, 5.41) is 2.58. The van der Waals surface area contributed by atoms with Crippen LogP contribution >= 0.6 is 7.37 Å². The maximum atomic E-state index is 13.4. The van der Waals surface area contributed by atoms with Gasteiger partial charge in [-0.2, -0.15) is 0 Å². The minimum Gasteiger partial charge on any atom is -0.469 e. The lowest BCUT2D eigenvalue weighted by Gasteiger charge is -2.27. The molecule has 1 N–H and O–H groups in total. The van der Waals surface area contributed by atoms with Crippen molar-refractivity contribution in [3.8, 4) is 0 Å². The van der Waals surface area contributed by atoms with Crippen LogP contribution < -0.4 is 5.32 Å². The SMILES string of the molecule is COC(=O)C(CCc1ccccc1)CP(=O)(OC)C(C)NC(=O)OCc1ccccc1. The number of carbonyl (C=O) groups is 2. The van der Waals surface area contributed by atoms with Gasteiger partial charge in [0.1, 0.15) is 12.4 Å². The van der Waals surface area contributed by atoms with Crippen molar-refractivity contribution in [2.45, 2.75) is 32.2 Å². The summed E-state index contributed by atoms with van der Waals surface area (Å²) in [7, 11) is -0.775. The number of alkyl carbamates (subject to hydrolysis) is 1. The monoisotopic (exact) mass is 447 g/mol. The zero-order chi connectivity index (χ0) is 22.7. The van der Waals surface area contributed by atoms with E-state index in [1.165, 1.54) is 14.2 Å². The highest BCUT2D eigenvalue weighted by molar-refractivity contribution is 7.59. The molecule has 0 aliphatic carbocycles. The molecule has 3 unspecified atom stereocenters. The molecule has 0 saturated carbocycles. The molecular weight excluding hydrogens is 417 g/mol. The average Bonchev–Trinajstić information content (AvgIpc) is 2.81. The minimum atomic E-state index is -3.40. The van der Waals surface area contributed by atoms with E-state index in [2.05, 4.69) is 5.32 Å². The van der Waals surface area contributed by atoms with E-state index in [1.807, 2.05) is 60.7 Å². The zero-order valence-corrected chi connectivity index (χ0v) is 19.0. The molecule has 0 radical (unpaired) electrons. The quantitative estimate of drug-likeness (QED) is 0.400. The van der Waals surface area contributed by atoms with E-state index in [-0.39, 0.29) is 12.8 Å². The molecule has 7 nitrogen and oxygen atoms in total. The molecule has 168 valence electrons. The Morgan fingerprint density at radius 1 is 0.968 bits per heavy atom. The summed E-state index contributed by atoms with van der Waals surface area (Å²) < 4.78 is 28.9. The lowest BCUT2D eigenvalue weighted by molar-refractivity contribution is -0.144. The number of ether oxygens (including phenoxy) is 2. The van der Waals surface area contributed by atoms with Gasteiger partial charge in [-0.3, -0.25) is 9.36 Å². The summed E-state index contributed by atoms with van der Waals surface area (Å²) in [5.41, 5.74) is 1.91. The fourth-order valence-corrected chi connectivity index (χ4v) is 5.20. The molecule has 2 aromatic carbocycles. The molecule has 8 heteroatoms. The van der Waals surface area contributed by atoms with E-state index < -0.39 is 31.1 Å². The summed E-state index contributed by atoms with van der Waals surface area (Å²) >= 11 is 0. The molecule has 2 aromatic rings. The Balaban J connectivity index is 1.98. The number of aryl methyl sites for hydroxylation is 1. The van der Waals surface area contributed by atoms with E-state index >= 15 is 0 Å². The maximum Gasteiger partial charge on any atom is 0.408 e. The van der Waals surface area contributed by atoms with Crippen LogP contribution in [0, 0.1) is 5.92 Å². The highest BCUT2D eigenvalue weighted by atomic mass is 31.2. The van der Waals surface area contributed by atoms with Crippen LogP contribution in [0.15, 0.2) is 60.7 Å². The first-order chi connectivity index (χ1) is 14.9. The van der Waals surface area contributed by atoms with Crippen LogP contribution in [0.2, 0.25) is 0 Å². The number of carbonyl (C=O) groups excluding carboxylic acids is 2. The van der Waals surface area contributed by atoms with Gasteiger partial charge in [0.25, 0.3) is 0 Å². The van der Waals surface area contributed by atoms with Crippen LogP contribution in [0.5, 0.6) is 0 Å². The Morgan fingerprint density at radius 3 is 2.10 bits per heavy atom. The first-order valence-corrected chi connectivity index (χ1v) is 12.0. The van der Waals surface area contributed by atoms with Crippen molar-refractivity contribution in [1.82, 2.24) is 5.32 Å². The highest BCUT2D eigenvalue weighted by Gasteiger charge is 2.37. The smallest absolute Gasteiger partial charge is 0.408 e. The number of rotatable bonds is 11. The van der Waals surface area contributed by atoms with Crippen molar-refractivity contribution >= 4 is 19.4 Å². The Morgan fingerprint density at radius 2 is 1.55 bits per heavy atom. The van der Waals surface area contributed by atoms with E-state index in [0.29, 0.717) is 12.8 Å². The first kappa shape index (κ1) is 24.6. The van der Waals surface area contributed by atoms with Crippen LogP contribution in [0.1, 0.15) is 24.5 Å². The second-order valence-corrected chi connectivity index (χ2v) is 10.2. The van der Waals surface area contributed by atoms with Gasteiger partial charge in [-0.05, 0) is 30.9 Å². The van der Waals surface area contributed by atoms with Gasteiger partial charge in [0, 0.05) is 13.3 Å². The number of hydrogen-bond donors (Lipinski definition) is 1. The van der Waals surface area contributed by atoms with Gasteiger partial charge < -0.3 is 19.3 Å². The van der Waals surface area contributed by atoms with Crippen molar-refractivity contribution in [3.63, 3.8) is 0 Å². The fourth-order valence-electron chi connectivity index (χ4n) is 3.17. The highest BCUT2D eigenvalue weighted by Crippen LogP contribution is 2.52. The van der Waals surface area contributed by atoms with Gasteiger partial charge in [-0.1, -0.05) is 60.7 Å². The normalized spacial score (nSPS) is 14.7. The molecule has 0 aliphatic heterocycles. The molecule has 0 fully saturated rings. The maximum absolute atomic E-state index is 13.4. The molecule has 0 aliphatic rings. The molecular formula is C23H30NO6P. The molecule has 0 saturated heterocycles. The number of methoxy groups -OCH3 is 1. The number of benzene rings is 2. The van der Waals surface area contributed by atoms with Crippen molar-refractivity contribution in [2.24, 2.45) is 5.92 Å². The average molecular weight is 447 g/mol. The summed E-state index contributed by atoms with van der Waals surface area (Å²) in [6.45, 7) is 1.68. The molecule has 1 amide bonds. The Bertz CT molecular complexity index is 874. The molecule has 0 spiro atoms. The fraction of sp³-hybridized carbons (Fsp3) is 0.391. The van der Waals surface area contributed by atoms with Gasteiger partial charge in [-0.25, -0.2) is 4.79 Å². The van der Waals surface area contributed by atoms with E-state index in [1.54, 1.807) is 6.92 Å². The van der Waals surface area contributed by atoms with Crippen LogP contribution in [0.3, 0.4) is 0 Å². The Kier molecular flexibility index (Phi) is 9.76. The standard InChI is InChI=1S/C23H30NO6P/c1-18(24-23(26)30-16-20-12-8-5-9-13-20)31(27,29-3)17-21(22(25)28-2)15-14-19-10-6-4-7-11-19/h4-13,18,21H,14-17H2,1-3H3,(H,24,26). The second kappa shape index (κ2) is 12.3. The Hall–Kier alpha value is -2.63. The van der Waals surface area contributed by atoms with Crippen LogP contribution in [-0.4, -0.2) is 38.2 Å². The lowest BCUT2D eigenvalue weighted by Crippen LogP contribution is -2.35. The third kappa shape index (κ3) is 7.85. The van der Waals surface area contributed by atoms with Crippen LogP contribution in [-0.2, 0) is 36.4 Å². The van der Waals surface area contributed by atoms with Gasteiger partial charge in [0.2, 0.25) is 7.37 Å². The number of nitrogens with one attached hydrogen (secondary N) is 1. The molecule has 3 atom stereocenters. The zero-order valence-electron chi connectivity index (χ0n) is 18.2. The molecule has 31 heavy (non-hydrogen) atoms. The number of esters is 1. The van der Waals surface area contributed by atoms with Crippen molar-refractivity contribution in [2.75, 3.05) is 20.4 Å². The summed E-state index contributed by atoms with van der Waals surface area (Å²) in [5.74, 6) is -1.91. The first-order valence-electron chi connectivity index (χ1n) is 10.1. The predicted molar refractivity (Wildman–Crippen MR) is 119 cm³/mol. The van der Waals surface area contributed by atoms with E-state index in [9.17, 15) is 14.2 Å². The summed E-state index contributed by atoms with van der Waals surface area (Å²) in [6.07, 6.45) is 0.344. The van der Waals surface area contributed by atoms with Gasteiger partial charge in [0.15, 0.2) is 0 Å². The third-order valence-corrected chi connectivity index (χ3v) is 7.95. The third-order valence-electron chi connectivity index (χ3n) is 5.07. The molecule has 0 heterocycles. The van der Waals surface area contributed by atoms with Gasteiger partial charge in [-0.15, -0.1) is 0 Å². The van der Waals surface area contributed by atoms with Gasteiger partial charge >= 0.3 is 12.1 Å². The topological polar surface area (TPSA) is 90.9 Å². The van der Waals surface area contributed by atoms with Crippen LogP contribution in [0.25, 0.3) is 0 Å². The summed E-state index contributed by atoms with van der Waals surface area (Å²) in [6, 6.07) is 19.0. The molecule has 2 rings (SSSR count). The van der Waals surface area contributed by atoms with E-state index in [0.717, 1.165) is 11.1 Å².